The molecule has 0 radical (unpaired) electrons. The van der Waals surface area contributed by atoms with E-state index in [4.69, 9.17) is 25.9 Å². The largest absolute Gasteiger partial charge is 0.502 e. The maximum absolute atomic E-state index is 11.0. The van der Waals surface area contributed by atoms with Crippen LogP contribution >= 0.6 is 11.6 Å². The van der Waals surface area contributed by atoms with Gasteiger partial charge in [0.15, 0.2) is 5.76 Å². The van der Waals surface area contributed by atoms with Gasteiger partial charge in [-0.05, 0) is 24.3 Å². The zero-order chi connectivity index (χ0) is 15.6. The van der Waals surface area contributed by atoms with Crippen LogP contribution in [0.25, 0.3) is 11.3 Å². The second-order valence-corrected chi connectivity index (χ2v) is 4.41. The number of hydrogen-bond donors (Lipinski definition) is 3. The summed E-state index contributed by atoms with van der Waals surface area (Å²) < 4.78 is 9.99. The minimum absolute atomic E-state index is 0.0494. The molecule has 0 bridgehead atoms. The van der Waals surface area contributed by atoms with Crippen LogP contribution in [0.2, 0.25) is 5.02 Å². The Kier molecular flexibility index (Phi) is 4.04. The molecule has 0 aliphatic rings. The Morgan fingerprint density at radius 3 is 2.43 bits per heavy atom. The summed E-state index contributed by atoms with van der Waals surface area (Å²) in [4.78, 5) is 21.7. The Labute approximate surface area is 123 Å². The molecule has 0 fully saturated rings. The molecule has 1 aromatic heterocycles. The maximum atomic E-state index is 11.0. The summed E-state index contributed by atoms with van der Waals surface area (Å²) >= 11 is 5.76. The molecule has 0 aliphatic carbocycles. The third kappa shape index (κ3) is 3.26. The van der Waals surface area contributed by atoms with Crippen molar-refractivity contribution in [3.05, 3.63) is 29.3 Å². The molecule has 21 heavy (non-hydrogen) atoms. The van der Waals surface area contributed by atoms with E-state index in [1.807, 2.05) is 5.32 Å². The molecule has 0 spiro atoms. The minimum Gasteiger partial charge on any atom is -0.502 e. The van der Waals surface area contributed by atoms with Gasteiger partial charge in [-0.15, -0.1) is 0 Å². The molecule has 0 saturated heterocycles. The lowest BCUT2D eigenvalue weighted by molar-refractivity contribution is -0.132. The Hall–Kier alpha value is -2.67. The predicted molar refractivity (Wildman–Crippen MR) is 73.8 cm³/mol. The SMILES string of the molecule is CC(=O)Oc1c(NC(=O)O)oc(-c2ccc(Cl)cc2)c1O. The molecule has 110 valence electrons. The van der Waals surface area contributed by atoms with E-state index in [9.17, 15) is 14.7 Å². The van der Waals surface area contributed by atoms with Crippen molar-refractivity contribution in [3.63, 3.8) is 0 Å². The monoisotopic (exact) mass is 311 g/mol. The van der Waals surface area contributed by atoms with Crippen molar-refractivity contribution in [2.24, 2.45) is 0 Å². The van der Waals surface area contributed by atoms with Crippen molar-refractivity contribution >= 4 is 29.5 Å². The van der Waals surface area contributed by atoms with Crippen LogP contribution in [0.5, 0.6) is 11.5 Å². The first-order valence-corrected chi connectivity index (χ1v) is 6.06. The Morgan fingerprint density at radius 1 is 1.29 bits per heavy atom. The lowest BCUT2D eigenvalue weighted by Crippen LogP contribution is -2.09. The fourth-order valence-corrected chi connectivity index (χ4v) is 1.75. The molecule has 0 aliphatic heterocycles. The summed E-state index contributed by atoms with van der Waals surface area (Å²) in [5.74, 6) is -2.06. The minimum atomic E-state index is -1.43. The van der Waals surface area contributed by atoms with Gasteiger partial charge in [0.1, 0.15) is 0 Å². The van der Waals surface area contributed by atoms with E-state index < -0.39 is 23.6 Å². The number of rotatable bonds is 3. The van der Waals surface area contributed by atoms with Crippen LogP contribution in [0.1, 0.15) is 6.92 Å². The van der Waals surface area contributed by atoms with E-state index in [0.717, 1.165) is 6.92 Å². The Balaban J connectivity index is 2.51. The maximum Gasteiger partial charge on any atom is 0.411 e. The summed E-state index contributed by atoms with van der Waals surface area (Å²) in [5.41, 5.74) is 0.434. The van der Waals surface area contributed by atoms with Crippen molar-refractivity contribution < 1.29 is 29.0 Å². The van der Waals surface area contributed by atoms with Crippen LogP contribution in [-0.4, -0.2) is 22.3 Å². The molecular formula is C13H10ClNO6. The van der Waals surface area contributed by atoms with E-state index in [1.165, 1.54) is 0 Å². The number of carbonyl (C=O) groups excluding carboxylic acids is 1. The van der Waals surface area contributed by atoms with Gasteiger partial charge in [-0.3, -0.25) is 10.1 Å². The molecule has 1 aromatic carbocycles. The highest BCUT2D eigenvalue weighted by Gasteiger charge is 2.25. The van der Waals surface area contributed by atoms with Crippen molar-refractivity contribution in [2.75, 3.05) is 5.32 Å². The number of furan rings is 1. The fraction of sp³-hybridized carbons (Fsp3) is 0.0769. The number of esters is 1. The van der Waals surface area contributed by atoms with E-state index in [0.29, 0.717) is 10.6 Å². The number of aromatic hydroxyl groups is 1. The second-order valence-electron chi connectivity index (χ2n) is 3.97. The molecule has 0 unspecified atom stereocenters. The average molecular weight is 312 g/mol. The first-order chi connectivity index (χ1) is 9.88. The van der Waals surface area contributed by atoms with E-state index in [-0.39, 0.29) is 11.6 Å². The summed E-state index contributed by atoms with van der Waals surface area (Å²) in [6, 6.07) is 6.25. The van der Waals surface area contributed by atoms with Gasteiger partial charge < -0.3 is 19.4 Å². The number of hydrogen-bond acceptors (Lipinski definition) is 5. The Morgan fingerprint density at radius 2 is 1.90 bits per heavy atom. The zero-order valence-corrected chi connectivity index (χ0v) is 11.5. The second kappa shape index (κ2) is 5.76. The van der Waals surface area contributed by atoms with Gasteiger partial charge in [-0.1, -0.05) is 11.6 Å². The van der Waals surface area contributed by atoms with Gasteiger partial charge in [0.25, 0.3) is 5.88 Å². The number of benzene rings is 1. The van der Waals surface area contributed by atoms with Crippen LogP contribution in [-0.2, 0) is 4.79 Å². The normalized spacial score (nSPS) is 10.2. The number of carboxylic acid groups (broad SMARTS) is 1. The first kappa shape index (κ1) is 14.7. The number of ether oxygens (including phenoxy) is 1. The van der Waals surface area contributed by atoms with Crippen LogP contribution < -0.4 is 10.1 Å². The number of carbonyl (C=O) groups is 2. The third-order valence-electron chi connectivity index (χ3n) is 2.41. The molecule has 1 amide bonds. The molecule has 2 aromatic rings. The quantitative estimate of drug-likeness (QED) is 0.750. The van der Waals surface area contributed by atoms with Gasteiger partial charge in [-0.2, -0.15) is 0 Å². The standard InChI is InChI=1S/C13H10ClNO6/c1-6(16)20-11-9(17)10(21-12(11)15-13(18)19)7-2-4-8(14)5-3-7/h2-5,15,17H,1H3,(H,18,19). The average Bonchev–Trinajstić information content (AvgIpc) is 2.67. The van der Waals surface area contributed by atoms with Gasteiger partial charge in [0.2, 0.25) is 11.5 Å². The van der Waals surface area contributed by atoms with Crippen molar-refractivity contribution in [2.45, 2.75) is 6.92 Å². The number of amides is 1. The topological polar surface area (TPSA) is 109 Å². The Bertz CT molecular complexity index is 691. The number of nitrogens with one attached hydrogen (secondary N) is 1. The summed E-state index contributed by atoms with van der Waals surface area (Å²) in [5, 5.41) is 21.2. The van der Waals surface area contributed by atoms with Crippen molar-refractivity contribution in [1.29, 1.82) is 0 Å². The molecule has 8 heteroatoms. The highest BCUT2D eigenvalue weighted by molar-refractivity contribution is 6.30. The predicted octanol–water partition coefficient (Wildman–Crippen LogP) is 3.32. The summed E-state index contributed by atoms with van der Waals surface area (Å²) in [6.45, 7) is 1.11. The highest BCUT2D eigenvalue weighted by atomic mass is 35.5. The van der Waals surface area contributed by atoms with Crippen LogP contribution in [0, 0.1) is 0 Å². The molecular weight excluding hydrogens is 302 g/mol. The van der Waals surface area contributed by atoms with Gasteiger partial charge >= 0.3 is 12.1 Å². The lowest BCUT2D eigenvalue weighted by atomic mass is 10.1. The molecule has 0 saturated carbocycles. The van der Waals surface area contributed by atoms with Gasteiger partial charge in [0.05, 0.1) is 0 Å². The third-order valence-corrected chi connectivity index (χ3v) is 2.67. The van der Waals surface area contributed by atoms with E-state index in [1.54, 1.807) is 24.3 Å². The lowest BCUT2D eigenvalue weighted by Gasteiger charge is -2.01. The first-order valence-electron chi connectivity index (χ1n) is 5.68. The fourth-order valence-electron chi connectivity index (χ4n) is 1.62. The smallest absolute Gasteiger partial charge is 0.411 e. The molecule has 0 atom stereocenters. The van der Waals surface area contributed by atoms with Crippen molar-refractivity contribution in [3.8, 4) is 22.8 Å². The zero-order valence-electron chi connectivity index (χ0n) is 10.7. The number of anilines is 1. The molecule has 3 N–H and O–H groups in total. The summed E-state index contributed by atoms with van der Waals surface area (Å²) in [6.07, 6.45) is -1.43. The van der Waals surface area contributed by atoms with Gasteiger partial charge in [-0.25, -0.2) is 4.79 Å². The molecule has 1 heterocycles. The number of halogens is 1. The summed E-state index contributed by atoms with van der Waals surface area (Å²) in [7, 11) is 0. The van der Waals surface area contributed by atoms with Gasteiger partial charge in [0, 0.05) is 17.5 Å². The van der Waals surface area contributed by atoms with Crippen LogP contribution in [0.3, 0.4) is 0 Å². The van der Waals surface area contributed by atoms with E-state index in [2.05, 4.69) is 0 Å². The highest BCUT2D eigenvalue weighted by Crippen LogP contribution is 2.46. The molecule has 7 nitrogen and oxygen atoms in total. The van der Waals surface area contributed by atoms with Crippen LogP contribution in [0.4, 0.5) is 10.7 Å². The van der Waals surface area contributed by atoms with E-state index >= 15 is 0 Å². The van der Waals surface area contributed by atoms with Crippen molar-refractivity contribution in [1.82, 2.24) is 0 Å². The van der Waals surface area contributed by atoms with Crippen LogP contribution in [0.15, 0.2) is 28.7 Å². The molecule has 2 rings (SSSR count).